The van der Waals surface area contributed by atoms with Crippen LogP contribution in [0.3, 0.4) is 0 Å². The third-order valence-corrected chi connectivity index (χ3v) is 1.77. The van der Waals surface area contributed by atoms with E-state index in [0.717, 1.165) is 0 Å². The van der Waals surface area contributed by atoms with Gasteiger partial charge in [0.2, 0.25) is 11.8 Å². The third-order valence-electron chi connectivity index (χ3n) is 1.77. The summed E-state index contributed by atoms with van der Waals surface area (Å²) in [6, 6.07) is 0. The van der Waals surface area contributed by atoms with E-state index in [-0.39, 0.29) is 24.9 Å². The summed E-state index contributed by atoms with van der Waals surface area (Å²) in [5.41, 5.74) is 0. The number of nitrogens with one attached hydrogen (secondary N) is 1. The molecule has 6 heteroatoms. The van der Waals surface area contributed by atoms with Crippen LogP contribution in [0.25, 0.3) is 0 Å². The average Bonchev–Trinajstić information content (AvgIpc) is 2.21. The highest BCUT2D eigenvalue weighted by Crippen LogP contribution is 1.90. The first-order valence-corrected chi connectivity index (χ1v) is 4.60. The predicted octanol–water partition coefficient (Wildman–Crippen LogP) is -0.856. The van der Waals surface area contributed by atoms with Crippen LogP contribution in [0.2, 0.25) is 0 Å². The fourth-order valence-corrected chi connectivity index (χ4v) is 0.909. The van der Waals surface area contributed by atoms with Gasteiger partial charge in [-0.1, -0.05) is 0 Å². The van der Waals surface area contributed by atoms with Gasteiger partial charge in [0.05, 0.1) is 13.7 Å². The highest BCUT2D eigenvalue weighted by molar-refractivity contribution is 5.86. The first-order valence-electron chi connectivity index (χ1n) is 4.60. The molecule has 2 amide bonds. The number of hydrogen-bond acceptors (Lipinski definition) is 4. The molecule has 0 saturated heterocycles. The van der Waals surface area contributed by atoms with Crippen LogP contribution in [0.15, 0.2) is 0 Å². The van der Waals surface area contributed by atoms with E-state index in [4.69, 9.17) is 0 Å². The quantitative estimate of drug-likeness (QED) is 0.607. The van der Waals surface area contributed by atoms with E-state index in [1.165, 1.54) is 18.9 Å². The zero-order valence-corrected chi connectivity index (χ0v) is 9.20. The zero-order valence-electron chi connectivity index (χ0n) is 9.20. The number of hydrogen-bond donors (Lipinski definition) is 1. The number of nitrogens with zero attached hydrogens (tertiary/aromatic N) is 1. The van der Waals surface area contributed by atoms with Crippen molar-refractivity contribution >= 4 is 17.8 Å². The summed E-state index contributed by atoms with van der Waals surface area (Å²) in [7, 11) is 1.26. The Balaban J connectivity index is 4.10. The largest absolute Gasteiger partial charge is 0.468 e. The fraction of sp³-hybridized carbons (Fsp3) is 0.667. The Kier molecular flexibility index (Phi) is 6.08. The predicted molar refractivity (Wildman–Crippen MR) is 53.0 cm³/mol. The van der Waals surface area contributed by atoms with E-state index in [2.05, 4.69) is 10.1 Å². The van der Waals surface area contributed by atoms with Crippen LogP contribution in [0.1, 0.15) is 13.8 Å². The number of carbonyl (C=O) groups excluding carboxylic acids is 3. The summed E-state index contributed by atoms with van der Waals surface area (Å²) in [4.78, 5) is 34.2. The Hall–Kier alpha value is -1.59. The lowest BCUT2D eigenvalue weighted by atomic mass is 10.4. The molecule has 0 radical (unpaired) electrons. The van der Waals surface area contributed by atoms with Crippen LogP contribution < -0.4 is 5.32 Å². The fourth-order valence-electron chi connectivity index (χ4n) is 0.909. The second-order valence-corrected chi connectivity index (χ2v) is 2.89. The van der Waals surface area contributed by atoms with Gasteiger partial charge in [-0.2, -0.15) is 0 Å². The minimum Gasteiger partial charge on any atom is -0.468 e. The Morgan fingerprint density at radius 3 is 2.33 bits per heavy atom. The van der Waals surface area contributed by atoms with Gasteiger partial charge in [-0.25, -0.2) is 0 Å². The minimum absolute atomic E-state index is 0.0918. The van der Waals surface area contributed by atoms with Crippen molar-refractivity contribution in [1.82, 2.24) is 10.2 Å². The van der Waals surface area contributed by atoms with Crippen molar-refractivity contribution in [3.63, 3.8) is 0 Å². The monoisotopic (exact) mass is 216 g/mol. The Bertz CT molecular complexity index is 252. The van der Waals surface area contributed by atoms with Gasteiger partial charge < -0.3 is 15.0 Å². The highest BCUT2D eigenvalue weighted by atomic mass is 16.5. The molecule has 86 valence electrons. The van der Waals surface area contributed by atoms with Crippen LogP contribution in [0.4, 0.5) is 0 Å². The Morgan fingerprint density at radius 1 is 1.33 bits per heavy atom. The van der Waals surface area contributed by atoms with E-state index >= 15 is 0 Å². The van der Waals surface area contributed by atoms with Crippen LogP contribution in [0, 0.1) is 0 Å². The molecule has 0 atom stereocenters. The molecule has 0 spiro atoms. The van der Waals surface area contributed by atoms with E-state index in [0.29, 0.717) is 6.54 Å². The van der Waals surface area contributed by atoms with E-state index in [1.54, 1.807) is 6.92 Å². The lowest BCUT2D eigenvalue weighted by Crippen LogP contribution is -2.42. The van der Waals surface area contributed by atoms with Crippen molar-refractivity contribution in [3.05, 3.63) is 0 Å². The summed E-state index contributed by atoms with van der Waals surface area (Å²) < 4.78 is 4.44. The molecule has 0 fully saturated rings. The van der Waals surface area contributed by atoms with Gasteiger partial charge in [0.15, 0.2) is 0 Å². The maximum absolute atomic E-state index is 11.4. The van der Waals surface area contributed by atoms with Gasteiger partial charge in [0, 0.05) is 13.5 Å². The van der Waals surface area contributed by atoms with Crippen molar-refractivity contribution in [1.29, 1.82) is 0 Å². The van der Waals surface area contributed by atoms with Crippen molar-refractivity contribution in [2.75, 3.05) is 26.7 Å². The summed E-state index contributed by atoms with van der Waals surface area (Å²) in [5.74, 6) is -1.07. The standard InChI is InChI=1S/C9H16N2O4/c1-4-11(6-9(14)15-3)8(13)5-10-7(2)12/h4-6H2,1-3H3,(H,10,12). The molecule has 0 aromatic rings. The van der Waals surface area contributed by atoms with Crippen LogP contribution in [0.5, 0.6) is 0 Å². The molecule has 0 aromatic heterocycles. The third kappa shape index (κ3) is 5.66. The molecular formula is C9H16N2O4. The number of esters is 1. The molecule has 0 aliphatic rings. The smallest absolute Gasteiger partial charge is 0.325 e. The molecule has 6 nitrogen and oxygen atoms in total. The molecule has 1 N–H and O–H groups in total. The van der Waals surface area contributed by atoms with Gasteiger partial charge in [-0.3, -0.25) is 14.4 Å². The van der Waals surface area contributed by atoms with Gasteiger partial charge in [0.1, 0.15) is 6.54 Å². The molecule has 0 aliphatic heterocycles. The van der Waals surface area contributed by atoms with E-state index < -0.39 is 5.97 Å². The normalized spacial score (nSPS) is 9.27. The van der Waals surface area contributed by atoms with E-state index in [9.17, 15) is 14.4 Å². The van der Waals surface area contributed by atoms with Crippen LogP contribution in [-0.4, -0.2) is 49.4 Å². The molecule has 0 unspecified atom stereocenters. The van der Waals surface area contributed by atoms with Crippen molar-refractivity contribution in [3.8, 4) is 0 Å². The van der Waals surface area contributed by atoms with Crippen LogP contribution in [-0.2, 0) is 19.1 Å². The summed E-state index contributed by atoms with van der Waals surface area (Å²) >= 11 is 0. The molecule has 0 bridgehead atoms. The van der Waals surface area contributed by atoms with Gasteiger partial charge in [-0.05, 0) is 6.92 Å². The van der Waals surface area contributed by atoms with E-state index in [1.807, 2.05) is 0 Å². The minimum atomic E-state index is -0.479. The molecule has 0 aliphatic carbocycles. The molecule has 0 rings (SSSR count). The summed E-state index contributed by atoms with van der Waals surface area (Å²) in [5, 5.41) is 2.37. The number of carbonyl (C=O) groups is 3. The van der Waals surface area contributed by atoms with Gasteiger partial charge in [-0.15, -0.1) is 0 Å². The Morgan fingerprint density at radius 2 is 1.93 bits per heavy atom. The lowest BCUT2D eigenvalue weighted by molar-refractivity contribution is -0.146. The molecule has 15 heavy (non-hydrogen) atoms. The van der Waals surface area contributed by atoms with Crippen molar-refractivity contribution < 1.29 is 19.1 Å². The van der Waals surface area contributed by atoms with Gasteiger partial charge >= 0.3 is 5.97 Å². The molecule has 0 saturated carbocycles. The number of methoxy groups -OCH3 is 1. The zero-order chi connectivity index (χ0) is 11.8. The van der Waals surface area contributed by atoms with Crippen LogP contribution >= 0.6 is 0 Å². The molecule has 0 aromatic carbocycles. The first-order chi connectivity index (χ1) is 7.01. The second kappa shape index (κ2) is 6.80. The number of rotatable bonds is 5. The first kappa shape index (κ1) is 13.4. The van der Waals surface area contributed by atoms with Crippen molar-refractivity contribution in [2.45, 2.75) is 13.8 Å². The SMILES string of the molecule is CCN(CC(=O)OC)C(=O)CNC(C)=O. The number of likely N-dealkylation sites (N-methyl/N-ethyl adjacent to an activating group) is 1. The lowest BCUT2D eigenvalue weighted by Gasteiger charge is -2.19. The number of amides is 2. The Labute approximate surface area is 88.6 Å². The maximum Gasteiger partial charge on any atom is 0.325 e. The van der Waals surface area contributed by atoms with Gasteiger partial charge in [0.25, 0.3) is 0 Å². The average molecular weight is 216 g/mol. The summed E-state index contributed by atoms with van der Waals surface area (Å²) in [6.45, 7) is 3.28. The maximum atomic E-state index is 11.4. The second-order valence-electron chi connectivity index (χ2n) is 2.89. The topological polar surface area (TPSA) is 75.7 Å². The number of ether oxygens (including phenoxy) is 1. The summed E-state index contributed by atoms with van der Waals surface area (Å²) in [6.07, 6.45) is 0. The highest BCUT2D eigenvalue weighted by Gasteiger charge is 2.15. The van der Waals surface area contributed by atoms with Crippen molar-refractivity contribution in [2.24, 2.45) is 0 Å². The molecular weight excluding hydrogens is 200 g/mol. The molecule has 0 heterocycles.